The lowest BCUT2D eigenvalue weighted by Crippen LogP contribution is -2.44. The van der Waals surface area contributed by atoms with Gasteiger partial charge in [0.25, 0.3) is 5.91 Å². The SMILES string of the molecule is COCCCN(CC(=O)N(CCc1c[nH]c2ccccc12)Cc1ccc(F)cc1)C(=O)c1cc(OC)cc(OC)c1. The van der Waals surface area contributed by atoms with Crippen molar-refractivity contribution in [2.24, 2.45) is 0 Å². The molecule has 8 nitrogen and oxygen atoms in total. The number of methoxy groups -OCH3 is 3. The Morgan fingerprint density at radius 1 is 0.878 bits per heavy atom. The van der Waals surface area contributed by atoms with Crippen molar-refractivity contribution < 1.29 is 28.2 Å². The van der Waals surface area contributed by atoms with Crippen molar-refractivity contribution >= 4 is 22.7 Å². The van der Waals surface area contributed by atoms with Crippen LogP contribution in [0.5, 0.6) is 11.5 Å². The third kappa shape index (κ3) is 7.85. The lowest BCUT2D eigenvalue weighted by atomic mass is 10.1. The molecule has 0 spiro atoms. The molecule has 0 atom stereocenters. The lowest BCUT2D eigenvalue weighted by Gasteiger charge is -2.28. The molecule has 4 aromatic rings. The second kappa shape index (κ2) is 14.3. The monoisotopic (exact) mass is 561 g/mol. The number of nitrogens with zero attached hydrogens (tertiary/aromatic N) is 2. The van der Waals surface area contributed by atoms with E-state index in [1.54, 1.807) is 42.3 Å². The number of para-hydroxylation sites is 1. The van der Waals surface area contributed by atoms with Gasteiger partial charge in [0.15, 0.2) is 0 Å². The molecule has 9 heteroatoms. The first-order chi connectivity index (χ1) is 19.9. The van der Waals surface area contributed by atoms with E-state index in [2.05, 4.69) is 4.98 Å². The Balaban J connectivity index is 1.57. The fourth-order valence-electron chi connectivity index (χ4n) is 4.72. The quantitative estimate of drug-likeness (QED) is 0.217. The maximum atomic E-state index is 13.8. The van der Waals surface area contributed by atoms with E-state index < -0.39 is 0 Å². The number of hydrogen-bond donors (Lipinski definition) is 1. The minimum absolute atomic E-state index is 0.128. The predicted molar refractivity (Wildman–Crippen MR) is 156 cm³/mol. The van der Waals surface area contributed by atoms with Gasteiger partial charge in [0.2, 0.25) is 5.91 Å². The van der Waals surface area contributed by atoms with Crippen molar-refractivity contribution in [2.45, 2.75) is 19.4 Å². The minimum atomic E-state index is -0.339. The number of rotatable bonds is 14. The van der Waals surface area contributed by atoms with Crippen LogP contribution in [0.3, 0.4) is 0 Å². The molecule has 0 aliphatic rings. The molecule has 0 aliphatic carbocycles. The Labute approximate surface area is 239 Å². The third-order valence-corrected chi connectivity index (χ3v) is 6.95. The molecule has 0 aliphatic heterocycles. The van der Waals surface area contributed by atoms with E-state index in [4.69, 9.17) is 14.2 Å². The maximum Gasteiger partial charge on any atom is 0.254 e. The van der Waals surface area contributed by atoms with Crippen LogP contribution in [0.15, 0.2) is 72.9 Å². The van der Waals surface area contributed by atoms with Gasteiger partial charge in [-0.1, -0.05) is 30.3 Å². The van der Waals surface area contributed by atoms with E-state index in [-0.39, 0.29) is 30.7 Å². The number of ether oxygens (including phenoxy) is 3. The van der Waals surface area contributed by atoms with Gasteiger partial charge in [0, 0.05) is 62.1 Å². The number of hydrogen-bond acceptors (Lipinski definition) is 5. The number of carbonyl (C=O) groups is 2. The predicted octanol–water partition coefficient (Wildman–Crippen LogP) is 5.07. The highest BCUT2D eigenvalue weighted by Gasteiger charge is 2.24. The minimum Gasteiger partial charge on any atom is -0.497 e. The van der Waals surface area contributed by atoms with Gasteiger partial charge in [-0.3, -0.25) is 9.59 Å². The van der Waals surface area contributed by atoms with E-state index in [0.29, 0.717) is 49.6 Å². The fraction of sp³-hybridized carbons (Fsp3) is 0.312. The topological polar surface area (TPSA) is 84.1 Å². The van der Waals surface area contributed by atoms with Crippen molar-refractivity contribution in [1.82, 2.24) is 14.8 Å². The first-order valence-corrected chi connectivity index (χ1v) is 13.5. The summed E-state index contributed by atoms with van der Waals surface area (Å²) in [6, 6.07) is 19.1. The van der Waals surface area contributed by atoms with Crippen molar-refractivity contribution in [2.75, 3.05) is 47.6 Å². The standard InChI is InChI=1S/C32H36FN3O5/c1-39-16-6-14-36(32(38)25-17-27(40-2)19-28(18-25)41-3)22-31(37)35(21-23-9-11-26(33)12-10-23)15-13-24-20-34-30-8-5-4-7-29(24)30/h4-5,7-12,17-20,34H,6,13-16,21-22H2,1-3H3. The molecule has 0 bridgehead atoms. The molecule has 0 fully saturated rings. The number of aromatic amines is 1. The summed E-state index contributed by atoms with van der Waals surface area (Å²) in [5.41, 5.74) is 3.28. The van der Waals surface area contributed by atoms with Crippen molar-refractivity contribution in [3.8, 4) is 11.5 Å². The molecule has 1 aromatic heterocycles. The second-order valence-corrected chi connectivity index (χ2v) is 9.73. The van der Waals surface area contributed by atoms with Crippen molar-refractivity contribution in [3.05, 3.63) is 95.4 Å². The lowest BCUT2D eigenvalue weighted by molar-refractivity contribution is -0.132. The zero-order valence-corrected chi connectivity index (χ0v) is 23.7. The molecule has 2 amide bonds. The molecular weight excluding hydrogens is 525 g/mol. The molecule has 4 rings (SSSR count). The van der Waals surface area contributed by atoms with Crippen LogP contribution in [-0.4, -0.2) is 74.2 Å². The second-order valence-electron chi connectivity index (χ2n) is 9.73. The average Bonchev–Trinajstić information content (AvgIpc) is 3.42. The number of nitrogens with one attached hydrogen (secondary N) is 1. The van der Waals surface area contributed by atoms with Crippen LogP contribution < -0.4 is 9.47 Å². The zero-order chi connectivity index (χ0) is 29.2. The van der Waals surface area contributed by atoms with Gasteiger partial charge >= 0.3 is 0 Å². The fourth-order valence-corrected chi connectivity index (χ4v) is 4.72. The molecule has 3 aromatic carbocycles. The summed E-state index contributed by atoms with van der Waals surface area (Å²) in [4.78, 5) is 34.0. The Bertz CT molecular complexity index is 1430. The van der Waals surface area contributed by atoms with E-state index in [9.17, 15) is 14.0 Å². The van der Waals surface area contributed by atoms with E-state index >= 15 is 0 Å². The highest BCUT2D eigenvalue weighted by atomic mass is 19.1. The number of aromatic nitrogens is 1. The number of H-pyrrole nitrogens is 1. The van der Waals surface area contributed by atoms with Gasteiger partial charge in [0.1, 0.15) is 23.9 Å². The molecule has 1 N–H and O–H groups in total. The summed E-state index contributed by atoms with van der Waals surface area (Å²) in [7, 11) is 4.63. The van der Waals surface area contributed by atoms with Crippen LogP contribution in [0.4, 0.5) is 4.39 Å². The van der Waals surface area contributed by atoms with Gasteiger partial charge in [-0.05, 0) is 54.3 Å². The molecule has 0 saturated carbocycles. The van der Waals surface area contributed by atoms with Crippen LogP contribution in [0.25, 0.3) is 10.9 Å². The van der Waals surface area contributed by atoms with Crippen molar-refractivity contribution in [3.63, 3.8) is 0 Å². The Hall–Kier alpha value is -4.37. The third-order valence-electron chi connectivity index (χ3n) is 6.95. The molecule has 41 heavy (non-hydrogen) atoms. The Morgan fingerprint density at radius 3 is 2.27 bits per heavy atom. The van der Waals surface area contributed by atoms with Gasteiger partial charge in [-0.15, -0.1) is 0 Å². The van der Waals surface area contributed by atoms with Gasteiger partial charge in [-0.25, -0.2) is 4.39 Å². The number of benzene rings is 3. The average molecular weight is 562 g/mol. The summed E-state index contributed by atoms with van der Waals surface area (Å²) in [6.07, 6.45) is 3.13. The summed E-state index contributed by atoms with van der Waals surface area (Å²) in [5, 5.41) is 1.10. The normalized spacial score (nSPS) is 10.9. The first kappa shape index (κ1) is 29.6. The summed E-state index contributed by atoms with van der Waals surface area (Å²) < 4.78 is 29.5. The highest BCUT2D eigenvalue weighted by Crippen LogP contribution is 2.24. The number of carbonyl (C=O) groups excluding carboxylic acids is 2. The summed E-state index contributed by atoms with van der Waals surface area (Å²) in [5.74, 6) is 0.0916. The maximum absolute atomic E-state index is 13.8. The molecule has 1 heterocycles. The summed E-state index contributed by atoms with van der Waals surface area (Å²) in [6.45, 7) is 1.35. The van der Waals surface area contributed by atoms with Gasteiger partial charge in [-0.2, -0.15) is 0 Å². The number of amides is 2. The molecular formula is C32H36FN3O5. The highest BCUT2D eigenvalue weighted by molar-refractivity contribution is 5.97. The number of halogens is 1. The van der Waals surface area contributed by atoms with Crippen LogP contribution in [0.2, 0.25) is 0 Å². The van der Waals surface area contributed by atoms with E-state index in [0.717, 1.165) is 22.0 Å². The molecule has 216 valence electrons. The van der Waals surface area contributed by atoms with Crippen LogP contribution >= 0.6 is 0 Å². The van der Waals surface area contributed by atoms with Crippen LogP contribution in [0.1, 0.15) is 27.9 Å². The van der Waals surface area contributed by atoms with Gasteiger partial charge in [0.05, 0.1) is 14.2 Å². The first-order valence-electron chi connectivity index (χ1n) is 13.5. The summed E-state index contributed by atoms with van der Waals surface area (Å²) >= 11 is 0. The molecule has 0 radical (unpaired) electrons. The smallest absolute Gasteiger partial charge is 0.254 e. The van der Waals surface area contributed by atoms with Crippen LogP contribution in [0, 0.1) is 5.82 Å². The van der Waals surface area contributed by atoms with Gasteiger partial charge < -0.3 is 29.0 Å². The largest absolute Gasteiger partial charge is 0.497 e. The van der Waals surface area contributed by atoms with Crippen LogP contribution in [-0.2, 0) is 22.5 Å². The zero-order valence-electron chi connectivity index (χ0n) is 23.7. The molecule has 0 saturated heterocycles. The van der Waals surface area contributed by atoms with E-state index in [1.165, 1.54) is 31.3 Å². The molecule has 0 unspecified atom stereocenters. The Kier molecular flexibility index (Phi) is 10.3. The van der Waals surface area contributed by atoms with E-state index in [1.807, 2.05) is 30.5 Å². The Morgan fingerprint density at radius 2 is 1.59 bits per heavy atom. The number of fused-ring (bicyclic) bond motifs is 1. The van der Waals surface area contributed by atoms with Crippen molar-refractivity contribution in [1.29, 1.82) is 0 Å².